The van der Waals surface area contributed by atoms with Crippen LogP contribution in [0.3, 0.4) is 0 Å². The maximum atomic E-state index is 12.5. The lowest BCUT2D eigenvalue weighted by Gasteiger charge is -2.15. The first kappa shape index (κ1) is 10.5. The van der Waals surface area contributed by atoms with Crippen molar-refractivity contribution >= 4 is 0 Å². The lowest BCUT2D eigenvalue weighted by molar-refractivity contribution is -0.143. The molecule has 1 N–H and O–H groups in total. The molecular formula is C10H13F3N2. The highest BCUT2D eigenvalue weighted by Gasteiger charge is 2.34. The van der Waals surface area contributed by atoms with E-state index in [4.69, 9.17) is 0 Å². The van der Waals surface area contributed by atoms with Crippen LogP contribution in [0.25, 0.3) is 0 Å². The summed E-state index contributed by atoms with van der Waals surface area (Å²) in [4.78, 5) is 0. The normalized spacial score (nSPS) is 22.2. The third-order valence-electron chi connectivity index (χ3n) is 2.70. The van der Waals surface area contributed by atoms with Crippen molar-refractivity contribution in [2.45, 2.75) is 31.6 Å². The molecule has 2 rings (SSSR count). The number of aromatic nitrogens is 1. The van der Waals surface area contributed by atoms with Crippen molar-refractivity contribution < 1.29 is 13.2 Å². The highest BCUT2D eigenvalue weighted by molar-refractivity contribution is 5.11. The van der Waals surface area contributed by atoms with Crippen LogP contribution in [0.4, 0.5) is 13.2 Å². The van der Waals surface area contributed by atoms with E-state index in [1.165, 1.54) is 16.8 Å². The summed E-state index contributed by atoms with van der Waals surface area (Å²) in [6, 6.07) is 2.74. The maximum Gasteiger partial charge on any atom is 0.431 e. The highest BCUT2D eigenvalue weighted by atomic mass is 19.4. The molecule has 1 fully saturated rings. The van der Waals surface area contributed by atoms with Gasteiger partial charge in [-0.1, -0.05) is 0 Å². The van der Waals surface area contributed by atoms with Crippen LogP contribution in [-0.4, -0.2) is 17.2 Å². The van der Waals surface area contributed by atoms with Crippen molar-refractivity contribution in [2.75, 3.05) is 6.54 Å². The number of alkyl halides is 3. The van der Waals surface area contributed by atoms with Gasteiger partial charge in [0, 0.05) is 18.8 Å². The number of nitrogens with one attached hydrogen (secondary N) is 1. The van der Waals surface area contributed by atoms with E-state index in [1.54, 1.807) is 0 Å². The zero-order valence-electron chi connectivity index (χ0n) is 8.22. The molecule has 84 valence electrons. The van der Waals surface area contributed by atoms with E-state index in [0.717, 1.165) is 25.5 Å². The first-order valence-electron chi connectivity index (χ1n) is 5.03. The fourth-order valence-corrected chi connectivity index (χ4v) is 1.98. The first-order chi connectivity index (χ1) is 7.07. The molecule has 0 radical (unpaired) electrons. The van der Waals surface area contributed by atoms with Gasteiger partial charge < -0.3 is 9.88 Å². The Morgan fingerprint density at radius 2 is 2.27 bits per heavy atom. The molecule has 0 amide bonds. The topological polar surface area (TPSA) is 17.0 Å². The second-order valence-electron chi connectivity index (χ2n) is 3.84. The van der Waals surface area contributed by atoms with E-state index >= 15 is 0 Å². The molecule has 1 unspecified atom stereocenters. The van der Waals surface area contributed by atoms with Gasteiger partial charge in [0.2, 0.25) is 0 Å². The zero-order valence-corrected chi connectivity index (χ0v) is 8.22. The number of rotatable bonds is 2. The molecule has 1 aromatic heterocycles. The van der Waals surface area contributed by atoms with Crippen LogP contribution >= 0.6 is 0 Å². The number of halogens is 3. The molecule has 15 heavy (non-hydrogen) atoms. The summed E-state index contributed by atoms with van der Waals surface area (Å²) in [6.45, 7) is 1.31. The quantitative estimate of drug-likeness (QED) is 0.805. The molecular weight excluding hydrogens is 205 g/mol. The van der Waals surface area contributed by atoms with E-state index in [1.807, 2.05) is 0 Å². The average molecular weight is 218 g/mol. The Morgan fingerprint density at radius 3 is 2.87 bits per heavy atom. The minimum atomic E-state index is -4.25. The van der Waals surface area contributed by atoms with Crippen molar-refractivity contribution in [3.63, 3.8) is 0 Å². The van der Waals surface area contributed by atoms with E-state index in [9.17, 15) is 13.2 Å². The van der Waals surface area contributed by atoms with Gasteiger partial charge >= 0.3 is 6.18 Å². The van der Waals surface area contributed by atoms with E-state index in [2.05, 4.69) is 5.32 Å². The summed E-state index contributed by atoms with van der Waals surface area (Å²) in [5.41, 5.74) is -0.559. The molecule has 0 bridgehead atoms. The molecule has 0 spiro atoms. The molecule has 0 aliphatic carbocycles. The third-order valence-corrected chi connectivity index (χ3v) is 2.70. The third kappa shape index (κ3) is 2.34. The van der Waals surface area contributed by atoms with Gasteiger partial charge in [-0.3, -0.25) is 0 Å². The molecule has 1 aliphatic rings. The Labute approximate surface area is 86.1 Å². The van der Waals surface area contributed by atoms with Crippen LogP contribution in [0.1, 0.15) is 18.5 Å². The number of nitrogens with zero attached hydrogens (tertiary/aromatic N) is 1. The second-order valence-corrected chi connectivity index (χ2v) is 3.84. The van der Waals surface area contributed by atoms with Crippen molar-refractivity contribution in [1.29, 1.82) is 0 Å². The summed E-state index contributed by atoms with van der Waals surface area (Å²) in [5.74, 6) is 0. The molecule has 0 saturated carbocycles. The molecule has 1 aliphatic heterocycles. The minimum absolute atomic E-state index is 0.179. The van der Waals surface area contributed by atoms with Crippen molar-refractivity contribution in [2.24, 2.45) is 0 Å². The van der Waals surface area contributed by atoms with Crippen LogP contribution < -0.4 is 5.32 Å². The first-order valence-corrected chi connectivity index (χ1v) is 5.03. The molecule has 0 aromatic carbocycles. The summed E-state index contributed by atoms with van der Waals surface area (Å²) in [6.07, 6.45) is -0.756. The fraction of sp³-hybridized carbons (Fsp3) is 0.600. The maximum absolute atomic E-state index is 12.5. The van der Waals surface area contributed by atoms with Gasteiger partial charge in [-0.05, 0) is 31.5 Å². The molecule has 1 saturated heterocycles. The monoisotopic (exact) mass is 218 g/mol. The highest BCUT2D eigenvalue weighted by Crippen LogP contribution is 2.29. The Kier molecular flexibility index (Phi) is 2.73. The van der Waals surface area contributed by atoms with E-state index in [0.29, 0.717) is 6.54 Å². The van der Waals surface area contributed by atoms with Crippen LogP contribution in [0.2, 0.25) is 0 Å². The van der Waals surface area contributed by atoms with Crippen LogP contribution in [0.5, 0.6) is 0 Å². The van der Waals surface area contributed by atoms with Crippen molar-refractivity contribution in [3.05, 3.63) is 24.0 Å². The summed E-state index contributed by atoms with van der Waals surface area (Å²) in [5, 5.41) is 3.19. The largest absolute Gasteiger partial charge is 0.431 e. The second kappa shape index (κ2) is 3.89. The summed E-state index contributed by atoms with van der Waals surface area (Å²) >= 11 is 0. The molecule has 1 atom stereocenters. The molecule has 5 heteroatoms. The predicted molar refractivity (Wildman–Crippen MR) is 50.5 cm³/mol. The molecule has 2 nitrogen and oxygen atoms in total. The van der Waals surface area contributed by atoms with Crippen LogP contribution in [0, 0.1) is 0 Å². The Morgan fingerprint density at radius 1 is 1.47 bits per heavy atom. The zero-order chi connectivity index (χ0) is 10.9. The number of hydrogen-bond acceptors (Lipinski definition) is 1. The van der Waals surface area contributed by atoms with E-state index in [-0.39, 0.29) is 6.04 Å². The fourth-order valence-electron chi connectivity index (χ4n) is 1.98. The summed E-state index contributed by atoms with van der Waals surface area (Å²) < 4.78 is 38.8. The molecule has 1 aromatic rings. The Balaban J connectivity index is 2.11. The average Bonchev–Trinajstić information content (AvgIpc) is 2.73. The van der Waals surface area contributed by atoms with Crippen molar-refractivity contribution in [3.8, 4) is 0 Å². The summed E-state index contributed by atoms with van der Waals surface area (Å²) in [7, 11) is 0. The molecule has 2 heterocycles. The van der Waals surface area contributed by atoms with Gasteiger partial charge in [-0.2, -0.15) is 13.2 Å². The smallest absolute Gasteiger partial charge is 0.342 e. The standard InChI is InChI=1S/C10H13F3N2/c11-10(12,13)9-4-2-6-15(9)7-8-3-1-5-14-8/h2,4,6,8,14H,1,3,5,7H2. The van der Waals surface area contributed by atoms with Crippen LogP contribution in [-0.2, 0) is 12.7 Å². The van der Waals surface area contributed by atoms with Crippen molar-refractivity contribution in [1.82, 2.24) is 9.88 Å². The van der Waals surface area contributed by atoms with Gasteiger partial charge in [-0.25, -0.2) is 0 Å². The Hall–Kier alpha value is -0.970. The minimum Gasteiger partial charge on any atom is -0.342 e. The number of hydrogen-bond donors (Lipinski definition) is 1. The van der Waals surface area contributed by atoms with Gasteiger partial charge in [0.15, 0.2) is 0 Å². The van der Waals surface area contributed by atoms with Gasteiger partial charge in [-0.15, -0.1) is 0 Å². The lowest BCUT2D eigenvalue weighted by atomic mass is 10.2. The van der Waals surface area contributed by atoms with E-state index < -0.39 is 11.9 Å². The predicted octanol–water partition coefficient (Wildman–Crippen LogP) is 2.26. The van der Waals surface area contributed by atoms with Gasteiger partial charge in [0.1, 0.15) is 5.69 Å². The van der Waals surface area contributed by atoms with Gasteiger partial charge in [0.25, 0.3) is 0 Å². The lowest BCUT2D eigenvalue weighted by Crippen LogP contribution is -2.28. The van der Waals surface area contributed by atoms with Gasteiger partial charge in [0.05, 0.1) is 0 Å². The Bertz CT molecular complexity index is 324. The SMILES string of the molecule is FC(F)(F)c1cccn1CC1CCCN1. The van der Waals surface area contributed by atoms with Crippen LogP contribution in [0.15, 0.2) is 18.3 Å².